The Morgan fingerprint density at radius 3 is 2.47 bits per heavy atom. The summed E-state index contributed by atoms with van der Waals surface area (Å²) >= 11 is 0. The molecule has 2 aromatic carbocycles. The Hall–Kier alpha value is -3.08. The van der Waals surface area contributed by atoms with Crippen LogP contribution in [0, 0.1) is 26.2 Å². The van der Waals surface area contributed by atoms with Crippen molar-refractivity contribution < 1.29 is 19.4 Å². The number of carboxylic acid groups (broad SMARTS) is 1. The number of carboxylic acids is 1. The van der Waals surface area contributed by atoms with E-state index in [1.54, 1.807) is 18.2 Å². The molecular weight excluding hydrogens is 378 g/mol. The number of hydrogen-bond donors (Lipinski definition) is 2. The highest BCUT2D eigenvalue weighted by Gasteiger charge is 2.27. The first-order valence-electron chi connectivity index (χ1n) is 10.1. The van der Waals surface area contributed by atoms with Crippen LogP contribution in [0.15, 0.2) is 42.5 Å². The fourth-order valence-corrected chi connectivity index (χ4v) is 3.07. The molecule has 160 valence electrons. The zero-order chi connectivity index (χ0) is 22.3. The number of nitrogens with one attached hydrogen (secondary N) is 1. The Bertz CT molecular complexity index is 944. The standard InChI is InChI=1S/C25H31NO4/c1-17-7-8-18(2)22(15-17)30-14-6-13-25(4,5)24(29)26-21-11-9-20(19(3)16-21)10-12-23(27)28/h7-12,15-16H,6,13-14H2,1-5H3,(H,26,29)(H,27,28). The van der Waals surface area contributed by atoms with Crippen LogP contribution in [-0.2, 0) is 9.59 Å². The predicted octanol–water partition coefficient (Wildman–Crippen LogP) is 5.53. The first kappa shape index (κ1) is 23.2. The lowest BCUT2D eigenvalue weighted by Crippen LogP contribution is -2.31. The minimum atomic E-state index is -0.991. The predicted molar refractivity (Wildman–Crippen MR) is 121 cm³/mol. The summed E-state index contributed by atoms with van der Waals surface area (Å²) in [5.74, 6) is -0.151. The van der Waals surface area contributed by atoms with E-state index < -0.39 is 11.4 Å². The van der Waals surface area contributed by atoms with Crippen LogP contribution >= 0.6 is 0 Å². The minimum Gasteiger partial charge on any atom is -0.493 e. The second-order valence-electron chi connectivity index (χ2n) is 8.30. The van der Waals surface area contributed by atoms with E-state index >= 15 is 0 Å². The van der Waals surface area contributed by atoms with E-state index in [1.165, 1.54) is 0 Å². The van der Waals surface area contributed by atoms with Gasteiger partial charge in [-0.25, -0.2) is 4.79 Å². The largest absolute Gasteiger partial charge is 0.493 e. The number of amides is 1. The quantitative estimate of drug-likeness (QED) is 0.421. The van der Waals surface area contributed by atoms with Crippen LogP contribution in [0.4, 0.5) is 5.69 Å². The molecule has 0 bridgehead atoms. The second kappa shape index (κ2) is 10.1. The van der Waals surface area contributed by atoms with Gasteiger partial charge < -0.3 is 15.2 Å². The lowest BCUT2D eigenvalue weighted by Gasteiger charge is -2.24. The summed E-state index contributed by atoms with van der Waals surface area (Å²) in [6.45, 7) is 10.4. The van der Waals surface area contributed by atoms with Gasteiger partial charge in [-0.3, -0.25) is 4.79 Å². The Labute approximate surface area is 178 Å². The molecule has 1 amide bonds. The Balaban J connectivity index is 1.90. The zero-order valence-corrected chi connectivity index (χ0v) is 18.4. The highest BCUT2D eigenvalue weighted by molar-refractivity contribution is 5.95. The maximum atomic E-state index is 12.8. The fraction of sp³-hybridized carbons (Fsp3) is 0.360. The van der Waals surface area contributed by atoms with Crippen molar-refractivity contribution in [2.45, 2.75) is 47.5 Å². The molecule has 0 aliphatic heterocycles. The third-order valence-corrected chi connectivity index (χ3v) is 5.10. The number of aryl methyl sites for hydroxylation is 3. The second-order valence-corrected chi connectivity index (χ2v) is 8.30. The Kier molecular flexibility index (Phi) is 7.81. The molecule has 0 atom stereocenters. The normalized spacial score (nSPS) is 11.5. The molecule has 0 spiro atoms. The van der Waals surface area contributed by atoms with Crippen LogP contribution in [0.5, 0.6) is 5.75 Å². The topological polar surface area (TPSA) is 75.6 Å². The molecule has 0 saturated heterocycles. The minimum absolute atomic E-state index is 0.0533. The summed E-state index contributed by atoms with van der Waals surface area (Å²) in [5.41, 5.74) is 4.12. The van der Waals surface area contributed by atoms with Gasteiger partial charge in [-0.1, -0.05) is 32.0 Å². The molecule has 0 aliphatic rings. The molecule has 0 radical (unpaired) electrons. The van der Waals surface area contributed by atoms with E-state index in [1.807, 2.05) is 52.8 Å². The van der Waals surface area contributed by atoms with Crippen LogP contribution in [0.3, 0.4) is 0 Å². The number of carbonyl (C=O) groups excluding carboxylic acids is 1. The van der Waals surface area contributed by atoms with E-state index in [4.69, 9.17) is 9.84 Å². The smallest absolute Gasteiger partial charge is 0.328 e. The van der Waals surface area contributed by atoms with Crippen molar-refractivity contribution in [2.75, 3.05) is 11.9 Å². The fourth-order valence-electron chi connectivity index (χ4n) is 3.07. The third-order valence-electron chi connectivity index (χ3n) is 5.10. The van der Waals surface area contributed by atoms with Gasteiger partial charge in [-0.05, 0) is 80.1 Å². The SMILES string of the molecule is Cc1ccc(C)c(OCCCC(C)(C)C(=O)Nc2ccc(C=CC(=O)O)c(C)c2)c1. The van der Waals surface area contributed by atoms with E-state index in [-0.39, 0.29) is 5.91 Å². The number of hydrogen-bond acceptors (Lipinski definition) is 3. The van der Waals surface area contributed by atoms with Crippen molar-refractivity contribution in [3.8, 4) is 5.75 Å². The monoisotopic (exact) mass is 409 g/mol. The number of anilines is 1. The summed E-state index contributed by atoms with van der Waals surface area (Å²) in [6, 6.07) is 11.6. The molecule has 5 nitrogen and oxygen atoms in total. The van der Waals surface area contributed by atoms with Gasteiger partial charge in [0.25, 0.3) is 0 Å². The molecule has 2 N–H and O–H groups in total. The van der Waals surface area contributed by atoms with Crippen molar-refractivity contribution >= 4 is 23.6 Å². The highest BCUT2D eigenvalue weighted by atomic mass is 16.5. The lowest BCUT2D eigenvalue weighted by molar-refractivity contribution is -0.131. The molecule has 5 heteroatoms. The highest BCUT2D eigenvalue weighted by Crippen LogP contribution is 2.26. The maximum Gasteiger partial charge on any atom is 0.328 e. The summed E-state index contributed by atoms with van der Waals surface area (Å²) < 4.78 is 5.90. The third kappa shape index (κ3) is 6.76. The number of carbonyl (C=O) groups is 2. The van der Waals surface area contributed by atoms with Crippen molar-refractivity contribution in [1.82, 2.24) is 0 Å². The molecule has 2 rings (SSSR count). The lowest BCUT2D eigenvalue weighted by atomic mass is 9.86. The van der Waals surface area contributed by atoms with Crippen LogP contribution in [-0.4, -0.2) is 23.6 Å². The van der Waals surface area contributed by atoms with Gasteiger partial charge in [-0.15, -0.1) is 0 Å². The van der Waals surface area contributed by atoms with Gasteiger partial charge in [0.05, 0.1) is 6.61 Å². The maximum absolute atomic E-state index is 12.8. The molecule has 0 unspecified atom stereocenters. The van der Waals surface area contributed by atoms with E-state index in [2.05, 4.69) is 11.4 Å². The van der Waals surface area contributed by atoms with Crippen molar-refractivity contribution in [3.63, 3.8) is 0 Å². The average molecular weight is 410 g/mol. The molecule has 0 saturated carbocycles. The first-order valence-corrected chi connectivity index (χ1v) is 10.1. The van der Waals surface area contributed by atoms with Crippen LogP contribution in [0.1, 0.15) is 48.9 Å². The van der Waals surface area contributed by atoms with Crippen LogP contribution in [0.2, 0.25) is 0 Å². The van der Waals surface area contributed by atoms with Crippen molar-refractivity contribution in [1.29, 1.82) is 0 Å². The van der Waals surface area contributed by atoms with Crippen LogP contribution < -0.4 is 10.1 Å². The molecule has 0 fully saturated rings. The van der Waals surface area contributed by atoms with Crippen molar-refractivity contribution in [2.24, 2.45) is 5.41 Å². The average Bonchev–Trinajstić information content (AvgIpc) is 2.67. The molecule has 30 heavy (non-hydrogen) atoms. The van der Waals surface area contributed by atoms with Crippen LogP contribution in [0.25, 0.3) is 6.08 Å². The first-order chi connectivity index (χ1) is 14.1. The Morgan fingerprint density at radius 2 is 1.80 bits per heavy atom. The van der Waals surface area contributed by atoms with E-state index in [0.29, 0.717) is 18.7 Å². The van der Waals surface area contributed by atoms with E-state index in [9.17, 15) is 9.59 Å². The van der Waals surface area contributed by atoms with Gasteiger partial charge in [0.2, 0.25) is 5.91 Å². The summed E-state index contributed by atoms with van der Waals surface area (Å²) in [5, 5.41) is 11.7. The molecule has 0 aliphatic carbocycles. The van der Waals surface area contributed by atoms with Gasteiger partial charge in [0.15, 0.2) is 0 Å². The molecule has 2 aromatic rings. The summed E-state index contributed by atoms with van der Waals surface area (Å²) in [7, 11) is 0. The number of aliphatic carboxylic acids is 1. The number of ether oxygens (including phenoxy) is 1. The Morgan fingerprint density at radius 1 is 1.07 bits per heavy atom. The molecule has 0 aromatic heterocycles. The van der Waals surface area contributed by atoms with E-state index in [0.717, 1.165) is 40.5 Å². The van der Waals surface area contributed by atoms with Gasteiger partial charge >= 0.3 is 5.97 Å². The molecular formula is C25H31NO4. The molecule has 0 heterocycles. The zero-order valence-electron chi connectivity index (χ0n) is 18.4. The summed E-state index contributed by atoms with van der Waals surface area (Å²) in [6.07, 6.45) is 4.11. The van der Waals surface area contributed by atoms with Gasteiger partial charge in [0.1, 0.15) is 5.75 Å². The summed E-state index contributed by atoms with van der Waals surface area (Å²) in [4.78, 5) is 23.4. The number of rotatable bonds is 9. The number of benzene rings is 2. The van der Waals surface area contributed by atoms with Gasteiger partial charge in [-0.2, -0.15) is 0 Å². The van der Waals surface area contributed by atoms with Crippen molar-refractivity contribution in [3.05, 3.63) is 64.7 Å². The van der Waals surface area contributed by atoms with Gasteiger partial charge in [0, 0.05) is 17.2 Å².